The lowest BCUT2D eigenvalue weighted by molar-refractivity contribution is -0.136. The number of nitrogens with one attached hydrogen (secondary N) is 1. The number of carbonyl (C=O) groups is 1. The van der Waals surface area contributed by atoms with Crippen LogP contribution < -0.4 is 5.56 Å². The predicted octanol–water partition coefficient (Wildman–Crippen LogP) is 0.161. The molecule has 0 unspecified atom stereocenters. The fourth-order valence-corrected chi connectivity index (χ4v) is 0.929. The molecule has 1 aromatic rings. The quantitative estimate of drug-likeness (QED) is 0.535. The number of carbonyl (C=O) groups excluding carboxylic acids is 1. The monoisotopic (exact) mass is 216 g/mol. The van der Waals surface area contributed by atoms with Crippen molar-refractivity contribution in [2.75, 3.05) is 6.61 Å². The van der Waals surface area contributed by atoms with Crippen molar-refractivity contribution < 1.29 is 9.53 Å². The molecule has 1 heterocycles. The molecule has 5 nitrogen and oxygen atoms in total. The molecule has 0 fully saturated rings. The van der Waals surface area contributed by atoms with Gasteiger partial charge in [0, 0.05) is 17.7 Å². The number of rotatable bonds is 1. The Bertz CT molecular complexity index is 555. The molecule has 0 spiro atoms. The fraction of sp³-hybridized carbons (Fsp3) is 0.182. The van der Waals surface area contributed by atoms with E-state index in [9.17, 15) is 9.59 Å². The zero-order valence-corrected chi connectivity index (χ0v) is 8.53. The Morgan fingerprint density at radius 3 is 3.00 bits per heavy atom. The smallest absolute Gasteiger partial charge is 0.384 e. The van der Waals surface area contributed by atoms with Crippen molar-refractivity contribution in [1.82, 2.24) is 4.98 Å². The lowest BCUT2D eigenvalue weighted by Gasteiger charge is -1.92. The van der Waals surface area contributed by atoms with E-state index < -0.39 is 11.5 Å². The number of hydrogen-bond donors (Lipinski definition) is 1. The summed E-state index contributed by atoms with van der Waals surface area (Å²) >= 11 is 0. The first-order valence-electron chi connectivity index (χ1n) is 4.49. The number of hydrogen-bond acceptors (Lipinski definition) is 4. The SMILES string of the molecule is CCOC(=O)C#Cc1c[nH]c(=O)c(C#N)c1. The summed E-state index contributed by atoms with van der Waals surface area (Å²) in [4.78, 5) is 24.3. The maximum absolute atomic E-state index is 11.0. The van der Waals surface area contributed by atoms with Crippen molar-refractivity contribution in [3.63, 3.8) is 0 Å². The van der Waals surface area contributed by atoms with Crippen LogP contribution in [0.15, 0.2) is 17.1 Å². The molecule has 0 aliphatic carbocycles. The first kappa shape index (κ1) is 11.5. The third kappa shape index (κ3) is 3.00. The van der Waals surface area contributed by atoms with Gasteiger partial charge in [0.2, 0.25) is 0 Å². The standard InChI is InChI=1S/C11H8N2O3/c1-2-16-10(14)4-3-8-5-9(6-12)11(15)13-7-8/h5,7H,2H2,1H3,(H,13,15). The van der Waals surface area contributed by atoms with E-state index in [0.29, 0.717) is 5.56 Å². The van der Waals surface area contributed by atoms with Crippen LogP contribution in [0.4, 0.5) is 0 Å². The molecule has 1 N–H and O–H groups in total. The van der Waals surface area contributed by atoms with Crippen LogP contribution in [0.3, 0.4) is 0 Å². The highest BCUT2D eigenvalue weighted by Crippen LogP contribution is 1.94. The number of aromatic amines is 1. The lowest BCUT2D eigenvalue weighted by Crippen LogP contribution is -2.09. The largest absolute Gasteiger partial charge is 0.456 e. The number of aromatic nitrogens is 1. The Kier molecular flexibility index (Phi) is 3.88. The van der Waals surface area contributed by atoms with Gasteiger partial charge in [0.05, 0.1) is 6.61 Å². The number of nitriles is 1. The van der Waals surface area contributed by atoms with E-state index in [1.54, 1.807) is 13.0 Å². The third-order valence-electron chi connectivity index (χ3n) is 1.61. The number of pyridine rings is 1. The summed E-state index contributed by atoms with van der Waals surface area (Å²) in [6, 6.07) is 3.03. The van der Waals surface area contributed by atoms with Crippen molar-refractivity contribution in [1.29, 1.82) is 5.26 Å². The third-order valence-corrected chi connectivity index (χ3v) is 1.61. The topological polar surface area (TPSA) is 83.0 Å². The van der Waals surface area contributed by atoms with Gasteiger partial charge < -0.3 is 9.72 Å². The Morgan fingerprint density at radius 1 is 1.62 bits per heavy atom. The normalized spacial score (nSPS) is 8.50. The summed E-state index contributed by atoms with van der Waals surface area (Å²) in [5.41, 5.74) is -0.149. The van der Waals surface area contributed by atoms with Gasteiger partial charge in [0.25, 0.3) is 5.56 Å². The molecule has 1 aromatic heterocycles. The van der Waals surface area contributed by atoms with Crippen molar-refractivity contribution in [2.45, 2.75) is 6.92 Å². The van der Waals surface area contributed by atoms with E-state index >= 15 is 0 Å². The molecule has 0 aromatic carbocycles. The summed E-state index contributed by atoms with van der Waals surface area (Å²) < 4.78 is 4.59. The van der Waals surface area contributed by atoms with Crippen molar-refractivity contribution in [3.05, 3.63) is 33.7 Å². The van der Waals surface area contributed by atoms with Gasteiger partial charge in [-0.25, -0.2) is 4.79 Å². The molecular formula is C11H8N2O3. The highest BCUT2D eigenvalue weighted by atomic mass is 16.5. The van der Waals surface area contributed by atoms with Crippen LogP contribution in [0.1, 0.15) is 18.1 Å². The van der Waals surface area contributed by atoms with Crippen LogP contribution >= 0.6 is 0 Å². The maximum Gasteiger partial charge on any atom is 0.384 e. The molecule has 0 saturated carbocycles. The molecule has 80 valence electrons. The van der Waals surface area contributed by atoms with Crippen LogP contribution in [0, 0.1) is 23.2 Å². The molecule has 0 aliphatic heterocycles. The van der Waals surface area contributed by atoms with Crippen molar-refractivity contribution in [2.24, 2.45) is 0 Å². The van der Waals surface area contributed by atoms with Crippen molar-refractivity contribution in [3.8, 4) is 17.9 Å². The number of nitrogens with zero attached hydrogens (tertiary/aromatic N) is 1. The van der Waals surface area contributed by atoms with Crippen LogP contribution in [0.2, 0.25) is 0 Å². The van der Waals surface area contributed by atoms with E-state index in [2.05, 4.69) is 21.6 Å². The van der Waals surface area contributed by atoms with Crippen molar-refractivity contribution >= 4 is 5.97 Å². The zero-order valence-electron chi connectivity index (χ0n) is 8.53. The highest BCUT2D eigenvalue weighted by molar-refractivity contribution is 5.89. The molecule has 0 aliphatic rings. The Labute approximate surface area is 91.7 Å². The molecule has 0 radical (unpaired) electrons. The lowest BCUT2D eigenvalue weighted by atomic mass is 10.2. The summed E-state index contributed by atoms with van der Waals surface area (Å²) in [5.74, 6) is 4.07. The fourth-order valence-electron chi connectivity index (χ4n) is 0.929. The highest BCUT2D eigenvalue weighted by Gasteiger charge is 1.98. The Balaban J connectivity index is 2.95. The average Bonchev–Trinajstić information content (AvgIpc) is 2.28. The minimum atomic E-state index is -0.646. The molecular weight excluding hydrogens is 208 g/mol. The van der Waals surface area contributed by atoms with Gasteiger partial charge in [-0.15, -0.1) is 0 Å². The van der Waals surface area contributed by atoms with Crippen LogP contribution in [-0.2, 0) is 9.53 Å². The van der Waals surface area contributed by atoms with Gasteiger partial charge >= 0.3 is 5.97 Å². The Morgan fingerprint density at radius 2 is 2.38 bits per heavy atom. The van der Waals surface area contributed by atoms with Crippen LogP contribution in [0.5, 0.6) is 0 Å². The second kappa shape index (κ2) is 5.38. The van der Waals surface area contributed by atoms with E-state index in [1.807, 2.05) is 0 Å². The molecule has 1 rings (SSSR count). The van der Waals surface area contributed by atoms with Gasteiger partial charge in [-0.2, -0.15) is 5.26 Å². The second-order valence-electron chi connectivity index (χ2n) is 2.71. The van der Waals surface area contributed by atoms with Crippen LogP contribution in [-0.4, -0.2) is 17.6 Å². The first-order valence-corrected chi connectivity index (χ1v) is 4.49. The minimum absolute atomic E-state index is 0.0457. The van der Waals surface area contributed by atoms with Gasteiger partial charge in [-0.1, -0.05) is 5.92 Å². The van der Waals surface area contributed by atoms with Gasteiger partial charge in [0.15, 0.2) is 0 Å². The summed E-state index contributed by atoms with van der Waals surface area (Å²) in [7, 11) is 0. The molecule has 0 bridgehead atoms. The Hall–Kier alpha value is -2.53. The van der Waals surface area contributed by atoms with Crippen LogP contribution in [0.25, 0.3) is 0 Å². The average molecular weight is 216 g/mol. The molecule has 16 heavy (non-hydrogen) atoms. The zero-order chi connectivity index (χ0) is 12.0. The summed E-state index contributed by atoms with van der Waals surface area (Å²) in [6.07, 6.45) is 1.33. The van der Waals surface area contributed by atoms with E-state index in [-0.39, 0.29) is 12.2 Å². The molecule has 0 atom stereocenters. The van der Waals surface area contributed by atoms with E-state index in [1.165, 1.54) is 12.3 Å². The molecule has 5 heteroatoms. The van der Waals surface area contributed by atoms with Gasteiger partial charge in [-0.3, -0.25) is 4.79 Å². The summed E-state index contributed by atoms with van der Waals surface area (Å²) in [6.45, 7) is 1.93. The number of ether oxygens (including phenoxy) is 1. The molecule has 0 amide bonds. The predicted molar refractivity (Wildman–Crippen MR) is 55.3 cm³/mol. The van der Waals surface area contributed by atoms with E-state index in [4.69, 9.17) is 5.26 Å². The van der Waals surface area contributed by atoms with E-state index in [0.717, 1.165) is 0 Å². The second-order valence-corrected chi connectivity index (χ2v) is 2.71. The molecule has 0 saturated heterocycles. The van der Waals surface area contributed by atoms with Gasteiger partial charge in [-0.05, 0) is 13.0 Å². The summed E-state index contributed by atoms with van der Waals surface area (Å²) in [5, 5.41) is 8.59. The number of esters is 1. The number of H-pyrrole nitrogens is 1. The first-order chi connectivity index (χ1) is 7.67. The maximum atomic E-state index is 11.0. The minimum Gasteiger partial charge on any atom is -0.456 e. The van der Waals surface area contributed by atoms with Gasteiger partial charge in [0.1, 0.15) is 11.6 Å².